The number of phosphoric acid groups is 1. The van der Waals surface area contributed by atoms with E-state index in [9.17, 15) is 4.57 Å². The van der Waals surface area contributed by atoms with Crippen molar-refractivity contribution in [3.8, 4) is 0 Å². The summed E-state index contributed by atoms with van der Waals surface area (Å²) in [5, 5.41) is 3.87. The molecular weight excluding hydrogens is 149 g/mol. The fourth-order valence-electron chi connectivity index (χ4n) is 0.426. The molecule has 3 rings (SSSR count). The van der Waals surface area contributed by atoms with Crippen LogP contribution in [0.1, 0.15) is 0 Å². The number of hydroxylamine groups is 2. The summed E-state index contributed by atoms with van der Waals surface area (Å²) >= 11 is 0. The van der Waals surface area contributed by atoms with Crippen LogP contribution in [0, 0.1) is 0 Å². The zero-order valence-electron chi connectivity index (χ0n) is 4.05. The lowest BCUT2D eigenvalue weighted by atomic mass is 11.1. The molecule has 1 fully saturated rings. The molecule has 3 heterocycles. The molecule has 1 saturated heterocycles. The second-order valence-electron chi connectivity index (χ2n) is 1.40. The van der Waals surface area contributed by atoms with Crippen LogP contribution in [0.4, 0.5) is 0 Å². The van der Waals surface area contributed by atoms with Gasteiger partial charge in [0.25, 0.3) is 5.96 Å². The fraction of sp³-hybridized carbons (Fsp3) is 0. The number of guanidine groups is 1. The van der Waals surface area contributed by atoms with Gasteiger partial charge in [-0.2, -0.15) is 0 Å². The summed E-state index contributed by atoms with van der Waals surface area (Å²) in [6, 6.07) is 0. The number of oxime groups is 1. The first kappa shape index (κ1) is 5.04. The van der Waals surface area contributed by atoms with Crippen molar-refractivity contribution in [1.29, 1.82) is 0 Å². The molecule has 0 saturated carbocycles. The average molecular weight is 151 g/mol. The van der Waals surface area contributed by atoms with Crippen molar-refractivity contribution in [3.63, 3.8) is 0 Å². The van der Waals surface area contributed by atoms with Crippen molar-refractivity contribution in [1.82, 2.24) is 5.23 Å². The van der Waals surface area contributed by atoms with Crippen molar-refractivity contribution in [2.75, 3.05) is 0 Å². The van der Waals surface area contributed by atoms with Gasteiger partial charge in [-0.05, 0) is 5.16 Å². The molecule has 0 amide bonds. The van der Waals surface area contributed by atoms with E-state index >= 15 is 0 Å². The highest BCUT2D eigenvalue weighted by atomic mass is 31.2. The standard InChI is InChI=1S/CH2N3O4P/c2-1-3-6-9(5)7-4(1)8-9/h(H2,2,3). The lowest BCUT2D eigenvalue weighted by Crippen LogP contribution is -2.46. The predicted octanol–water partition coefficient (Wildman–Crippen LogP) is -0.467. The lowest BCUT2D eigenvalue weighted by molar-refractivity contribution is -0.312. The van der Waals surface area contributed by atoms with Crippen molar-refractivity contribution >= 4 is 13.8 Å². The zero-order chi connectivity index (χ0) is 6.48. The maximum absolute atomic E-state index is 10.6. The first-order valence-electron chi connectivity index (χ1n) is 2.01. The highest BCUT2D eigenvalue weighted by Gasteiger charge is 2.52. The molecule has 0 aromatic rings. The van der Waals surface area contributed by atoms with Crippen LogP contribution in [0.15, 0.2) is 5.16 Å². The molecule has 8 heteroatoms. The Kier molecular flexibility index (Phi) is 0.675. The van der Waals surface area contributed by atoms with Gasteiger partial charge in [0, 0.05) is 0 Å². The number of nitrogens with two attached hydrogens (primary N) is 1. The Bertz CT molecular complexity index is 214. The third-order valence-electron chi connectivity index (χ3n) is 0.770. The molecule has 0 radical (unpaired) electrons. The van der Waals surface area contributed by atoms with E-state index in [0.29, 0.717) is 0 Å². The summed E-state index contributed by atoms with van der Waals surface area (Å²) in [5.74, 6) is -0.104. The second-order valence-corrected chi connectivity index (χ2v) is 2.78. The van der Waals surface area contributed by atoms with E-state index in [1.54, 1.807) is 0 Å². The van der Waals surface area contributed by atoms with Gasteiger partial charge >= 0.3 is 7.82 Å². The highest BCUT2D eigenvalue weighted by molar-refractivity contribution is 7.49. The van der Waals surface area contributed by atoms with E-state index in [1.807, 2.05) is 0 Å². The zero-order valence-corrected chi connectivity index (χ0v) is 4.95. The van der Waals surface area contributed by atoms with Crippen molar-refractivity contribution < 1.29 is 18.4 Å². The van der Waals surface area contributed by atoms with Crippen LogP contribution in [-0.2, 0) is 18.4 Å². The minimum absolute atomic E-state index is 0.104. The summed E-state index contributed by atoms with van der Waals surface area (Å²) < 4.78 is 23.5. The third kappa shape index (κ3) is 0.533. The number of hydrogen-bond acceptors (Lipinski definition) is 7. The van der Waals surface area contributed by atoms with E-state index in [-0.39, 0.29) is 5.96 Å². The Morgan fingerprint density at radius 3 is 2.67 bits per heavy atom. The number of fused-ring (bicyclic) bond motifs is 1. The SMILES string of the molecule is NC1=NOP2(=O)ON1O2. The Labute approximate surface area is 49.5 Å². The maximum atomic E-state index is 10.6. The maximum Gasteiger partial charge on any atom is 0.599 e. The highest BCUT2D eigenvalue weighted by Crippen LogP contribution is 2.61. The smallest absolute Gasteiger partial charge is 0.363 e. The minimum Gasteiger partial charge on any atom is -0.363 e. The van der Waals surface area contributed by atoms with Gasteiger partial charge in [0.05, 0.1) is 0 Å². The van der Waals surface area contributed by atoms with E-state index in [4.69, 9.17) is 5.73 Å². The van der Waals surface area contributed by atoms with E-state index in [0.717, 1.165) is 5.23 Å². The topological polar surface area (TPSA) is 86.4 Å². The molecule has 0 aliphatic carbocycles. The van der Waals surface area contributed by atoms with Crippen molar-refractivity contribution in [2.45, 2.75) is 0 Å². The van der Waals surface area contributed by atoms with Crippen LogP contribution in [0.2, 0.25) is 0 Å². The van der Waals surface area contributed by atoms with Crippen molar-refractivity contribution in [3.05, 3.63) is 0 Å². The molecule has 0 unspecified atom stereocenters. The van der Waals surface area contributed by atoms with Crippen LogP contribution in [0.3, 0.4) is 0 Å². The Hall–Kier alpha value is -0.780. The van der Waals surface area contributed by atoms with Gasteiger partial charge < -0.3 is 5.73 Å². The first-order chi connectivity index (χ1) is 4.20. The monoisotopic (exact) mass is 151 g/mol. The van der Waals surface area contributed by atoms with Crippen LogP contribution < -0.4 is 5.73 Å². The van der Waals surface area contributed by atoms with Gasteiger partial charge in [0.2, 0.25) is 0 Å². The van der Waals surface area contributed by atoms with Gasteiger partial charge in [-0.1, -0.05) is 5.23 Å². The first-order valence-corrected chi connectivity index (χ1v) is 3.47. The minimum atomic E-state index is -3.32. The molecular formula is CH2N3O4P. The molecule has 0 aromatic heterocycles. The lowest BCUT2D eigenvalue weighted by Gasteiger charge is -2.35. The number of rotatable bonds is 0. The molecule has 50 valence electrons. The van der Waals surface area contributed by atoms with Gasteiger partial charge in [-0.3, -0.25) is 4.62 Å². The molecule has 7 nitrogen and oxygen atoms in total. The largest absolute Gasteiger partial charge is 0.599 e. The fourth-order valence-corrected chi connectivity index (χ4v) is 1.21. The summed E-state index contributed by atoms with van der Waals surface area (Å²) in [6.07, 6.45) is 0. The quantitative estimate of drug-likeness (QED) is 0.471. The molecule has 3 aliphatic heterocycles. The van der Waals surface area contributed by atoms with E-state index < -0.39 is 7.82 Å². The van der Waals surface area contributed by atoms with Crippen LogP contribution >= 0.6 is 7.82 Å². The van der Waals surface area contributed by atoms with Gasteiger partial charge in [-0.15, -0.1) is 9.25 Å². The van der Waals surface area contributed by atoms with Crippen molar-refractivity contribution in [2.24, 2.45) is 10.9 Å². The summed E-state index contributed by atoms with van der Waals surface area (Å²) in [7, 11) is -3.32. The van der Waals surface area contributed by atoms with E-state index in [2.05, 4.69) is 19.0 Å². The number of nitrogens with zero attached hydrogens (tertiary/aromatic N) is 2. The van der Waals surface area contributed by atoms with Crippen LogP contribution in [0.5, 0.6) is 0 Å². The molecule has 0 spiro atoms. The van der Waals surface area contributed by atoms with Gasteiger partial charge in [-0.25, -0.2) is 4.57 Å². The second kappa shape index (κ2) is 1.21. The van der Waals surface area contributed by atoms with Gasteiger partial charge in [0.15, 0.2) is 0 Å². The molecule has 9 heavy (non-hydrogen) atoms. The number of hydrogen-bond donors (Lipinski definition) is 1. The summed E-state index contributed by atoms with van der Waals surface area (Å²) in [6.45, 7) is 0. The van der Waals surface area contributed by atoms with Crippen LogP contribution in [-0.4, -0.2) is 11.2 Å². The molecule has 2 bridgehead atoms. The molecule has 3 aliphatic rings. The predicted molar refractivity (Wildman–Crippen MR) is 24.3 cm³/mol. The average Bonchev–Trinajstić information content (AvgIpc) is 1.73. The third-order valence-corrected chi connectivity index (χ3v) is 1.75. The molecule has 0 atom stereocenters. The Morgan fingerprint density at radius 1 is 1.67 bits per heavy atom. The summed E-state index contributed by atoms with van der Waals surface area (Å²) in [4.78, 5) is 0. The normalized spacial score (nSPS) is 28.0. The Morgan fingerprint density at radius 2 is 2.33 bits per heavy atom. The van der Waals surface area contributed by atoms with E-state index in [1.165, 1.54) is 0 Å². The van der Waals surface area contributed by atoms with Crippen LogP contribution in [0.25, 0.3) is 0 Å². The Balaban J connectivity index is 2.33. The summed E-state index contributed by atoms with van der Waals surface area (Å²) in [5.41, 5.74) is 5.05. The van der Waals surface area contributed by atoms with Gasteiger partial charge in [0.1, 0.15) is 0 Å². The molecule has 2 N–H and O–H groups in total. The molecule has 0 aromatic carbocycles.